The molecule has 0 spiro atoms. The van der Waals surface area contributed by atoms with Crippen LogP contribution < -0.4 is 5.73 Å². The van der Waals surface area contributed by atoms with E-state index in [2.05, 4.69) is 6.92 Å². The van der Waals surface area contributed by atoms with Crippen LogP contribution in [0.4, 0.5) is 0 Å². The van der Waals surface area contributed by atoms with Crippen LogP contribution in [-0.4, -0.2) is 19.8 Å². The summed E-state index contributed by atoms with van der Waals surface area (Å²) in [6, 6.07) is 0. The normalized spacial score (nSPS) is 36.3. The summed E-state index contributed by atoms with van der Waals surface area (Å²) in [5, 5.41) is 0. The number of nitrogens with two attached hydrogens (primary N) is 1. The molecule has 0 heterocycles. The molecule has 2 nitrogen and oxygen atoms in total. The molecule has 1 saturated carbocycles. The molecule has 0 aliphatic heterocycles. The minimum atomic E-state index is 0.415. The van der Waals surface area contributed by atoms with E-state index in [0.29, 0.717) is 6.10 Å². The molecule has 9 heavy (non-hydrogen) atoms. The van der Waals surface area contributed by atoms with Crippen LogP contribution in [0.2, 0.25) is 0 Å². The average Bonchev–Trinajstić information content (AvgIpc) is 2.64. The molecule has 1 aliphatic rings. The Labute approximate surface area is 56.4 Å². The van der Waals surface area contributed by atoms with Crippen LogP contribution in [0.25, 0.3) is 0 Å². The minimum Gasteiger partial charge on any atom is -0.381 e. The summed E-state index contributed by atoms with van der Waals surface area (Å²) < 4.78 is 5.15. The Balaban J connectivity index is 2.17. The van der Waals surface area contributed by atoms with Gasteiger partial charge in [0.05, 0.1) is 6.10 Å². The van der Waals surface area contributed by atoms with Crippen LogP contribution in [0.3, 0.4) is 0 Å². The predicted octanol–water partition coefficient (Wildman–Crippen LogP) is 0.616. The predicted molar refractivity (Wildman–Crippen MR) is 37.1 cm³/mol. The van der Waals surface area contributed by atoms with E-state index in [1.165, 1.54) is 6.42 Å². The highest BCUT2D eigenvalue weighted by atomic mass is 16.5. The third-order valence-corrected chi connectivity index (χ3v) is 2.25. The third-order valence-electron chi connectivity index (χ3n) is 2.25. The minimum absolute atomic E-state index is 0.415. The fraction of sp³-hybridized carbons (Fsp3) is 1.00. The highest BCUT2D eigenvalue weighted by Gasteiger charge is 2.39. The zero-order chi connectivity index (χ0) is 6.85. The van der Waals surface area contributed by atoms with Gasteiger partial charge in [-0.3, -0.25) is 0 Å². The second-order valence-electron chi connectivity index (χ2n) is 2.84. The molecular weight excluding hydrogens is 114 g/mol. The van der Waals surface area contributed by atoms with Gasteiger partial charge in [-0.1, -0.05) is 0 Å². The lowest BCUT2D eigenvalue weighted by Crippen LogP contribution is -2.12. The second kappa shape index (κ2) is 2.67. The lowest BCUT2D eigenvalue weighted by atomic mass is 10.2. The quantitative estimate of drug-likeness (QED) is 0.606. The van der Waals surface area contributed by atoms with Crippen LogP contribution in [0.1, 0.15) is 13.3 Å². The van der Waals surface area contributed by atoms with E-state index in [1.54, 1.807) is 7.11 Å². The number of rotatable bonds is 3. The molecule has 1 rings (SSSR count). The molecular formula is C7H15NO. The molecule has 0 radical (unpaired) electrons. The molecule has 54 valence electrons. The van der Waals surface area contributed by atoms with Gasteiger partial charge in [-0.25, -0.2) is 0 Å². The Bertz CT molecular complexity index is 94.9. The van der Waals surface area contributed by atoms with Crippen LogP contribution in [0.15, 0.2) is 0 Å². The van der Waals surface area contributed by atoms with Crippen molar-refractivity contribution in [3.63, 3.8) is 0 Å². The maximum atomic E-state index is 5.46. The van der Waals surface area contributed by atoms with Crippen molar-refractivity contribution in [1.82, 2.24) is 0 Å². The molecule has 2 heteroatoms. The van der Waals surface area contributed by atoms with E-state index in [1.807, 2.05) is 0 Å². The van der Waals surface area contributed by atoms with Gasteiger partial charge in [-0.15, -0.1) is 0 Å². The number of hydrogen-bond donors (Lipinski definition) is 1. The maximum Gasteiger partial charge on any atom is 0.0574 e. The molecule has 3 unspecified atom stereocenters. The fourth-order valence-electron chi connectivity index (χ4n) is 1.29. The Hall–Kier alpha value is -0.0800. The molecule has 0 aromatic heterocycles. The number of ether oxygens (including phenoxy) is 1. The van der Waals surface area contributed by atoms with Crippen molar-refractivity contribution in [2.75, 3.05) is 13.7 Å². The lowest BCUT2D eigenvalue weighted by molar-refractivity contribution is 0.0957. The first kappa shape index (κ1) is 7.03. The van der Waals surface area contributed by atoms with E-state index in [-0.39, 0.29) is 0 Å². The Morgan fingerprint density at radius 1 is 1.78 bits per heavy atom. The molecule has 2 N–H and O–H groups in total. The van der Waals surface area contributed by atoms with Gasteiger partial charge < -0.3 is 10.5 Å². The first-order valence-electron chi connectivity index (χ1n) is 3.52. The van der Waals surface area contributed by atoms with Crippen LogP contribution in [0, 0.1) is 11.8 Å². The van der Waals surface area contributed by atoms with Gasteiger partial charge in [0.1, 0.15) is 0 Å². The molecule has 1 fully saturated rings. The zero-order valence-corrected chi connectivity index (χ0v) is 6.13. The monoisotopic (exact) mass is 129 g/mol. The molecule has 0 bridgehead atoms. The van der Waals surface area contributed by atoms with Gasteiger partial charge in [-0.05, 0) is 31.7 Å². The summed E-state index contributed by atoms with van der Waals surface area (Å²) in [4.78, 5) is 0. The summed E-state index contributed by atoms with van der Waals surface area (Å²) in [5.41, 5.74) is 5.46. The van der Waals surface area contributed by atoms with Crippen molar-refractivity contribution >= 4 is 0 Å². The van der Waals surface area contributed by atoms with Crippen molar-refractivity contribution in [3.05, 3.63) is 0 Å². The SMILES string of the molecule is COC(C)C1CC1CN. The van der Waals surface area contributed by atoms with Crippen LogP contribution in [0.5, 0.6) is 0 Å². The van der Waals surface area contributed by atoms with Gasteiger partial charge >= 0.3 is 0 Å². The van der Waals surface area contributed by atoms with Crippen molar-refractivity contribution in [3.8, 4) is 0 Å². The van der Waals surface area contributed by atoms with E-state index in [9.17, 15) is 0 Å². The summed E-state index contributed by atoms with van der Waals surface area (Å²) in [5.74, 6) is 1.50. The molecule has 0 saturated heterocycles. The first-order valence-corrected chi connectivity index (χ1v) is 3.52. The van der Waals surface area contributed by atoms with E-state index in [0.717, 1.165) is 18.4 Å². The summed E-state index contributed by atoms with van der Waals surface area (Å²) in [6.45, 7) is 2.94. The van der Waals surface area contributed by atoms with Crippen molar-refractivity contribution in [1.29, 1.82) is 0 Å². The highest BCUT2D eigenvalue weighted by Crippen LogP contribution is 2.40. The van der Waals surface area contributed by atoms with Gasteiger partial charge in [0.2, 0.25) is 0 Å². The topological polar surface area (TPSA) is 35.2 Å². The van der Waals surface area contributed by atoms with Gasteiger partial charge in [-0.2, -0.15) is 0 Å². The molecule has 1 aliphatic carbocycles. The highest BCUT2D eigenvalue weighted by molar-refractivity contribution is 4.90. The van der Waals surface area contributed by atoms with E-state index in [4.69, 9.17) is 10.5 Å². The maximum absolute atomic E-state index is 5.46. The summed E-state index contributed by atoms with van der Waals surface area (Å²) in [7, 11) is 1.76. The Morgan fingerprint density at radius 2 is 2.44 bits per heavy atom. The van der Waals surface area contributed by atoms with Crippen LogP contribution in [-0.2, 0) is 4.74 Å². The van der Waals surface area contributed by atoms with Gasteiger partial charge in [0.25, 0.3) is 0 Å². The standard InChI is InChI=1S/C7H15NO/c1-5(9-2)7-3-6(7)4-8/h5-7H,3-4,8H2,1-2H3. The summed E-state index contributed by atoms with van der Waals surface area (Å²) >= 11 is 0. The Kier molecular flexibility index (Phi) is 2.09. The average molecular weight is 129 g/mol. The smallest absolute Gasteiger partial charge is 0.0574 e. The summed E-state index contributed by atoms with van der Waals surface area (Å²) in [6.07, 6.45) is 1.68. The zero-order valence-electron chi connectivity index (χ0n) is 6.13. The van der Waals surface area contributed by atoms with Crippen LogP contribution >= 0.6 is 0 Å². The number of hydrogen-bond acceptors (Lipinski definition) is 2. The molecule has 0 amide bonds. The van der Waals surface area contributed by atoms with Gasteiger partial charge in [0, 0.05) is 7.11 Å². The van der Waals surface area contributed by atoms with E-state index < -0.39 is 0 Å². The van der Waals surface area contributed by atoms with Crippen molar-refractivity contribution in [2.45, 2.75) is 19.4 Å². The third kappa shape index (κ3) is 1.43. The largest absolute Gasteiger partial charge is 0.381 e. The molecule has 0 aromatic rings. The number of methoxy groups -OCH3 is 1. The molecule has 3 atom stereocenters. The Morgan fingerprint density at radius 3 is 2.78 bits per heavy atom. The van der Waals surface area contributed by atoms with Crippen molar-refractivity contribution in [2.24, 2.45) is 17.6 Å². The van der Waals surface area contributed by atoms with E-state index >= 15 is 0 Å². The lowest BCUT2D eigenvalue weighted by Gasteiger charge is -2.06. The fourth-order valence-corrected chi connectivity index (χ4v) is 1.29. The van der Waals surface area contributed by atoms with Crippen molar-refractivity contribution < 1.29 is 4.74 Å². The van der Waals surface area contributed by atoms with Gasteiger partial charge in [0.15, 0.2) is 0 Å². The molecule has 0 aromatic carbocycles. The first-order chi connectivity index (χ1) is 4.29. The second-order valence-corrected chi connectivity index (χ2v) is 2.84.